The van der Waals surface area contributed by atoms with Crippen molar-refractivity contribution in [3.63, 3.8) is 0 Å². The highest BCUT2D eigenvalue weighted by Crippen LogP contribution is 2.36. The number of nitrogens with one attached hydrogen (secondary N) is 2. The predicted molar refractivity (Wildman–Crippen MR) is 138 cm³/mol. The van der Waals surface area contributed by atoms with Gasteiger partial charge in [-0.05, 0) is 11.6 Å². The van der Waals surface area contributed by atoms with Gasteiger partial charge in [0.1, 0.15) is 6.04 Å². The van der Waals surface area contributed by atoms with Crippen molar-refractivity contribution >= 4 is 32.5 Å². The van der Waals surface area contributed by atoms with Crippen LogP contribution in [0.3, 0.4) is 0 Å². The van der Waals surface area contributed by atoms with Crippen molar-refractivity contribution in [1.82, 2.24) is 15.3 Å². The molecule has 0 radical (unpaired) electrons. The molecule has 2 heterocycles. The van der Waals surface area contributed by atoms with Crippen molar-refractivity contribution in [3.05, 3.63) is 114 Å². The number of oxazole rings is 1. The number of carbonyl (C=O) groups is 1. The van der Waals surface area contributed by atoms with Gasteiger partial charge in [0.05, 0.1) is 34.9 Å². The fourth-order valence-electron chi connectivity index (χ4n) is 4.07. The van der Waals surface area contributed by atoms with Gasteiger partial charge in [-0.1, -0.05) is 78.9 Å². The number of aromatic nitrogens is 2. The van der Waals surface area contributed by atoms with Gasteiger partial charge in [0.15, 0.2) is 12.2 Å². The molecule has 0 fully saturated rings. The lowest BCUT2D eigenvalue weighted by molar-refractivity contribution is 0.0941. The van der Waals surface area contributed by atoms with Crippen LogP contribution in [0.1, 0.15) is 27.7 Å². The number of anilines is 1. The van der Waals surface area contributed by atoms with E-state index in [2.05, 4.69) is 15.0 Å². The van der Waals surface area contributed by atoms with E-state index in [4.69, 9.17) is 9.40 Å². The number of benzene rings is 3. The molecule has 0 saturated carbocycles. The zero-order valence-electron chi connectivity index (χ0n) is 19.3. The Bertz CT molecular complexity index is 1620. The molecule has 3 aromatic carbocycles. The van der Waals surface area contributed by atoms with Gasteiger partial charge >= 0.3 is 0 Å². The highest BCUT2D eigenvalue weighted by Gasteiger charge is 2.27. The quantitative estimate of drug-likeness (QED) is 0.334. The molecule has 5 rings (SSSR count). The van der Waals surface area contributed by atoms with Crippen LogP contribution in [0.4, 0.5) is 5.69 Å². The van der Waals surface area contributed by atoms with Crippen LogP contribution in [0.15, 0.2) is 102 Å². The molecular formula is C27H22N4O4S. The van der Waals surface area contributed by atoms with Crippen LogP contribution >= 0.6 is 0 Å². The maximum atomic E-state index is 14.0. The summed E-state index contributed by atoms with van der Waals surface area (Å²) in [5.41, 5.74) is 2.60. The fourth-order valence-corrected chi connectivity index (χ4v) is 4.64. The Balaban J connectivity index is 1.72. The molecular weight excluding hydrogens is 476 g/mol. The smallest absolute Gasteiger partial charge is 0.255 e. The molecule has 8 nitrogen and oxygen atoms in total. The van der Waals surface area contributed by atoms with Gasteiger partial charge in [-0.3, -0.25) is 9.52 Å². The highest BCUT2D eigenvalue weighted by atomic mass is 32.2. The second-order valence-corrected chi connectivity index (χ2v) is 9.94. The first-order valence-corrected chi connectivity index (χ1v) is 13.0. The first-order valence-electron chi connectivity index (χ1n) is 11.1. The number of nitrogens with zero attached hydrogens (tertiary/aromatic N) is 2. The zero-order valence-corrected chi connectivity index (χ0v) is 20.1. The summed E-state index contributed by atoms with van der Waals surface area (Å²) in [6.45, 7) is 0. The first kappa shape index (κ1) is 23.3. The van der Waals surface area contributed by atoms with Crippen molar-refractivity contribution in [2.45, 2.75) is 6.04 Å². The van der Waals surface area contributed by atoms with E-state index in [1.165, 1.54) is 12.6 Å². The summed E-state index contributed by atoms with van der Waals surface area (Å²) >= 11 is 0. The Labute approximate surface area is 208 Å². The maximum Gasteiger partial charge on any atom is 0.255 e. The van der Waals surface area contributed by atoms with E-state index in [1.807, 2.05) is 66.7 Å². The normalized spacial score (nSPS) is 12.2. The minimum Gasteiger partial charge on any atom is -0.446 e. The SMILES string of the molecule is CS(=O)(=O)Nc1c(-c2ccccc2)nc2ccccc2c1C(=O)NC(c1ccccc1)c1cnco1. The van der Waals surface area contributed by atoms with Gasteiger partial charge in [0, 0.05) is 10.9 Å². The van der Waals surface area contributed by atoms with Crippen LogP contribution in [0.5, 0.6) is 0 Å². The summed E-state index contributed by atoms with van der Waals surface area (Å²) < 4.78 is 32.9. The van der Waals surface area contributed by atoms with Gasteiger partial charge in [0.25, 0.3) is 5.91 Å². The van der Waals surface area contributed by atoms with Crippen molar-refractivity contribution < 1.29 is 17.6 Å². The number of pyridine rings is 1. The molecule has 0 aliphatic heterocycles. The Morgan fingerprint density at radius 2 is 1.58 bits per heavy atom. The molecule has 1 amide bonds. The van der Waals surface area contributed by atoms with E-state index in [-0.39, 0.29) is 11.3 Å². The second kappa shape index (κ2) is 9.63. The first-order chi connectivity index (χ1) is 17.4. The average molecular weight is 499 g/mol. The van der Waals surface area contributed by atoms with Crippen molar-refractivity contribution in [3.8, 4) is 11.3 Å². The van der Waals surface area contributed by atoms with Crippen LogP contribution in [0.2, 0.25) is 0 Å². The molecule has 0 bridgehead atoms. The van der Waals surface area contributed by atoms with Gasteiger partial charge in [0.2, 0.25) is 10.0 Å². The van der Waals surface area contributed by atoms with Crippen molar-refractivity contribution in [2.24, 2.45) is 0 Å². The number of carbonyl (C=O) groups excluding carboxylic acids is 1. The van der Waals surface area contributed by atoms with Gasteiger partial charge in [-0.25, -0.2) is 18.4 Å². The molecule has 0 spiro atoms. The Hall–Kier alpha value is -4.50. The lowest BCUT2D eigenvalue weighted by atomic mass is 9.99. The maximum absolute atomic E-state index is 14.0. The number of hydrogen-bond donors (Lipinski definition) is 2. The number of hydrogen-bond acceptors (Lipinski definition) is 6. The van der Waals surface area contributed by atoms with Crippen LogP contribution in [0, 0.1) is 0 Å². The van der Waals surface area contributed by atoms with E-state index < -0.39 is 22.0 Å². The summed E-state index contributed by atoms with van der Waals surface area (Å²) in [6, 6.07) is 24.9. The van der Waals surface area contributed by atoms with E-state index in [0.29, 0.717) is 27.9 Å². The van der Waals surface area contributed by atoms with E-state index in [0.717, 1.165) is 11.8 Å². The third-order valence-electron chi connectivity index (χ3n) is 5.60. The minimum atomic E-state index is -3.75. The molecule has 36 heavy (non-hydrogen) atoms. The molecule has 0 saturated heterocycles. The summed E-state index contributed by atoms with van der Waals surface area (Å²) in [7, 11) is -3.75. The lowest BCUT2D eigenvalue weighted by Crippen LogP contribution is -2.30. The predicted octanol–water partition coefficient (Wildman–Crippen LogP) is 4.78. The third kappa shape index (κ3) is 4.82. The van der Waals surface area contributed by atoms with Crippen LogP contribution in [-0.2, 0) is 10.0 Å². The highest BCUT2D eigenvalue weighted by molar-refractivity contribution is 7.92. The Kier molecular flexibility index (Phi) is 6.22. The number of fused-ring (bicyclic) bond motifs is 1. The summed E-state index contributed by atoms with van der Waals surface area (Å²) in [6.07, 6.45) is 3.87. The van der Waals surface area contributed by atoms with Crippen molar-refractivity contribution in [1.29, 1.82) is 0 Å². The zero-order chi connectivity index (χ0) is 25.1. The fraction of sp³-hybridized carbons (Fsp3) is 0.0741. The molecule has 1 atom stereocenters. The number of amides is 1. The Morgan fingerprint density at radius 1 is 0.917 bits per heavy atom. The van der Waals surface area contributed by atoms with Crippen LogP contribution in [0.25, 0.3) is 22.2 Å². The van der Waals surface area contributed by atoms with E-state index in [1.54, 1.807) is 18.2 Å². The minimum absolute atomic E-state index is 0.101. The van der Waals surface area contributed by atoms with Gasteiger partial charge in [-0.2, -0.15) is 0 Å². The average Bonchev–Trinajstić information content (AvgIpc) is 3.41. The topological polar surface area (TPSA) is 114 Å². The molecule has 9 heteroatoms. The molecule has 2 N–H and O–H groups in total. The monoisotopic (exact) mass is 498 g/mol. The van der Waals surface area contributed by atoms with Crippen molar-refractivity contribution in [2.75, 3.05) is 11.0 Å². The van der Waals surface area contributed by atoms with Crippen LogP contribution in [-0.4, -0.2) is 30.5 Å². The summed E-state index contributed by atoms with van der Waals surface area (Å²) in [5.74, 6) is -0.0593. The van der Waals surface area contributed by atoms with Gasteiger partial charge in [-0.15, -0.1) is 0 Å². The van der Waals surface area contributed by atoms with Gasteiger partial charge < -0.3 is 9.73 Å². The molecule has 2 aromatic heterocycles. The number of para-hydroxylation sites is 1. The molecule has 0 aliphatic rings. The standard InChI is InChI=1S/C27H22N4O4S/c1-36(33,34)31-26-23(20-14-8-9-15-21(20)29-25(26)19-12-6-3-7-13-19)27(32)30-24(22-16-28-17-35-22)18-10-4-2-5-11-18/h2-17,24,31H,1H3,(H,30,32). The number of sulfonamides is 1. The molecule has 5 aromatic rings. The Morgan fingerprint density at radius 3 is 2.25 bits per heavy atom. The summed E-state index contributed by atoms with van der Waals surface area (Å²) in [5, 5.41) is 3.52. The summed E-state index contributed by atoms with van der Waals surface area (Å²) in [4.78, 5) is 22.7. The number of rotatable bonds is 7. The van der Waals surface area contributed by atoms with E-state index in [9.17, 15) is 13.2 Å². The molecule has 180 valence electrons. The van der Waals surface area contributed by atoms with E-state index >= 15 is 0 Å². The lowest BCUT2D eigenvalue weighted by Gasteiger charge is -2.21. The largest absolute Gasteiger partial charge is 0.446 e. The molecule has 1 unspecified atom stereocenters. The molecule has 0 aliphatic carbocycles. The second-order valence-electron chi connectivity index (χ2n) is 8.19. The van der Waals surface area contributed by atoms with Crippen LogP contribution < -0.4 is 10.0 Å². The third-order valence-corrected chi connectivity index (χ3v) is 6.17.